The Hall–Kier alpha value is -0.500. The van der Waals surface area contributed by atoms with Crippen LogP contribution < -0.4 is 5.73 Å². The van der Waals surface area contributed by atoms with Gasteiger partial charge in [0.1, 0.15) is 0 Å². The van der Waals surface area contributed by atoms with Gasteiger partial charge in [0.15, 0.2) is 0 Å². The first-order chi connectivity index (χ1) is 4.30. The molecule has 0 aromatic rings. The maximum Gasteiger partial charge on any atom is 0.0420 e. The SMILES string of the molecule is NC1=C(Br)CC=CC=C1. The van der Waals surface area contributed by atoms with Gasteiger partial charge in [0.05, 0.1) is 0 Å². The van der Waals surface area contributed by atoms with Crippen molar-refractivity contribution >= 4 is 15.9 Å². The molecular formula is C7H8BrN. The van der Waals surface area contributed by atoms with Crippen molar-refractivity contribution in [3.8, 4) is 0 Å². The van der Waals surface area contributed by atoms with Crippen LogP contribution in [-0.4, -0.2) is 0 Å². The molecule has 0 spiro atoms. The lowest BCUT2D eigenvalue weighted by atomic mass is 10.3. The van der Waals surface area contributed by atoms with Gasteiger partial charge in [0, 0.05) is 10.2 Å². The molecule has 0 saturated heterocycles. The quantitative estimate of drug-likeness (QED) is 0.615. The Bertz CT molecular complexity index is 189. The van der Waals surface area contributed by atoms with Gasteiger partial charge >= 0.3 is 0 Å². The summed E-state index contributed by atoms with van der Waals surface area (Å²) in [5.41, 5.74) is 6.40. The van der Waals surface area contributed by atoms with Crippen LogP contribution >= 0.6 is 15.9 Å². The van der Waals surface area contributed by atoms with Gasteiger partial charge in [0.2, 0.25) is 0 Å². The molecule has 0 bridgehead atoms. The van der Waals surface area contributed by atoms with Crippen LogP contribution in [0.25, 0.3) is 0 Å². The molecule has 0 saturated carbocycles. The highest BCUT2D eigenvalue weighted by Gasteiger charge is 1.94. The van der Waals surface area contributed by atoms with Crippen molar-refractivity contribution < 1.29 is 0 Å². The first kappa shape index (κ1) is 6.62. The molecule has 0 unspecified atom stereocenters. The number of rotatable bonds is 0. The Morgan fingerprint density at radius 3 is 3.00 bits per heavy atom. The van der Waals surface area contributed by atoms with Crippen molar-refractivity contribution in [2.24, 2.45) is 5.73 Å². The monoisotopic (exact) mass is 185 g/mol. The fourth-order valence-corrected chi connectivity index (χ4v) is 0.937. The Labute approximate surface area is 63.1 Å². The van der Waals surface area contributed by atoms with Gasteiger partial charge < -0.3 is 5.73 Å². The number of hydrogen-bond donors (Lipinski definition) is 1. The Morgan fingerprint density at radius 1 is 1.44 bits per heavy atom. The lowest BCUT2D eigenvalue weighted by Gasteiger charge is -1.93. The molecule has 1 aliphatic carbocycles. The van der Waals surface area contributed by atoms with Gasteiger partial charge in [-0.05, 0) is 12.5 Å². The van der Waals surface area contributed by atoms with Gasteiger partial charge in [-0.3, -0.25) is 0 Å². The molecule has 1 nitrogen and oxygen atoms in total. The molecule has 0 amide bonds. The molecule has 0 radical (unpaired) electrons. The van der Waals surface area contributed by atoms with E-state index in [1.807, 2.05) is 18.2 Å². The molecule has 48 valence electrons. The molecule has 0 fully saturated rings. The first-order valence-electron chi connectivity index (χ1n) is 2.78. The van der Waals surface area contributed by atoms with Crippen LogP contribution in [0.3, 0.4) is 0 Å². The average molecular weight is 186 g/mol. The standard InChI is InChI=1S/C7H8BrN/c8-6-4-2-1-3-5-7(6)9/h1-3,5H,4,9H2. The minimum atomic E-state index is 0.819. The Balaban J connectivity index is 2.85. The number of hydrogen-bond acceptors (Lipinski definition) is 1. The first-order valence-corrected chi connectivity index (χ1v) is 3.57. The summed E-state index contributed by atoms with van der Waals surface area (Å²) in [6.07, 6.45) is 8.76. The minimum absolute atomic E-state index is 0.819. The normalized spacial score (nSPS) is 18.3. The molecule has 0 aliphatic heterocycles. The van der Waals surface area contributed by atoms with Crippen LogP contribution in [0.5, 0.6) is 0 Å². The van der Waals surface area contributed by atoms with E-state index in [1.54, 1.807) is 0 Å². The zero-order valence-corrected chi connectivity index (χ0v) is 6.56. The van der Waals surface area contributed by atoms with Gasteiger partial charge in [0.25, 0.3) is 0 Å². The van der Waals surface area contributed by atoms with E-state index in [1.165, 1.54) is 0 Å². The second-order valence-corrected chi connectivity index (χ2v) is 2.81. The van der Waals surface area contributed by atoms with E-state index in [0.717, 1.165) is 16.6 Å². The average Bonchev–Trinajstić information content (AvgIpc) is 1.99. The summed E-state index contributed by atoms with van der Waals surface area (Å²) in [5.74, 6) is 0. The molecule has 0 aromatic carbocycles. The minimum Gasteiger partial charge on any atom is -0.398 e. The summed E-state index contributed by atoms with van der Waals surface area (Å²) in [6, 6.07) is 0. The fourth-order valence-electron chi connectivity index (χ4n) is 0.618. The summed E-state index contributed by atoms with van der Waals surface area (Å²) in [6.45, 7) is 0. The molecule has 9 heavy (non-hydrogen) atoms. The molecule has 0 heterocycles. The molecular weight excluding hydrogens is 178 g/mol. The van der Waals surface area contributed by atoms with Crippen molar-refractivity contribution in [2.45, 2.75) is 6.42 Å². The largest absolute Gasteiger partial charge is 0.398 e. The van der Waals surface area contributed by atoms with Crippen LogP contribution in [0.15, 0.2) is 34.5 Å². The molecule has 0 aromatic heterocycles. The van der Waals surface area contributed by atoms with E-state index in [2.05, 4.69) is 22.0 Å². The van der Waals surface area contributed by atoms with Gasteiger partial charge in [-0.2, -0.15) is 0 Å². The van der Waals surface area contributed by atoms with E-state index in [-0.39, 0.29) is 0 Å². The van der Waals surface area contributed by atoms with Gasteiger partial charge in [-0.25, -0.2) is 0 Å². The lowest BCUT2D eigenvalue weighted by Crippen LogP contribution is -1.93. The highest BCUT2D eigenvalue weighted by Crippen LogP contribution is 2.16. The maximum atomic E-state index is 5.58. The van der Waals surface area contributed by atoms with Crippen molar-refractivity contribution in [3.63, 3.8) is 0 Å². The number of halogens is 1. The van der Waals surface area contributed by atoms with Crippen LogP contribution in [0.1, 0.15) is 6.42 Å². The third-order valence-corrected chi connectivity index (χ3v) is 1.91. The van der Waals surface area contributed by atoms with Crippen LogP contribution in [0.4, 0.5) is 0 Å². The van der Waals surface area contributed by atoms with E-state index in [4.69, 9.17) is 5.73 Å². The summed E-state index contributed by atoms with van der Waals surface area (Å²) in [5, 5.41) is 0. The van der Waals surface area contributed by atoms with Crippen LogP contribution in [-0.2, 0) is 0 Å². The molecule has 0 atom stereocenters. The van der Waals surface area contributed by atoms with E-state index in [0.29, 0.717) is 0 Å². The fraction of sp³-hybridized carbons (Fsp3) is 0.143. The van der Waals surface area contributed by atoms with Crippen LogP contribution in [0.2, 0.25) is 0 Å². The van der Waals surface area contributed by atoms with Gasteiger partial charge in [-0.15, -0.1) is 0 Å². The predicted octanol–water partition coefficient (Wildman–Crippen LogP) is 2.07. The smallest absolute Gasteiger partial charge is 0.0420 e. The Morgan fingerprint density at radius 2 is 2.22 bits per heavy atom. The van der Waals surface area contributed by atoms with Crippen molar-refractivity contribution in [1.29, 1.82) is 0 Å². The number of nitrogens with two attached hydrogens (primary N) is 1. The van der Waals surface area contributed by atoms with E-state index in [9.17, 15) is 0 Å². The summed E-state index contributed by atoms with van der Waals surface area (Å²) >= 11 is 3.36. The zero-order valence-electron chi connectivity index (χ0n) is 4.97. The second-order valence-electron chi connectivity index (χ2n) is 1.85. The molecule has 1 aliphatic rings. The summed E-state index contributed by atoms with van der Waals surface area (Å²) < 4.78 is 1.06. The van der Waals surface area contributed by atoms with Crippen molar-refractivity contribution in [2.75, 3.05) is 0 Å². The second kappa shape index (κ2) is 2.87. The third kappa shape index (κ3) is 1.72. The van der Waals surface area contributed by atoms with E-state index < -0.39 is 0 Å². The van der Waals surface area contributed by atoms with Gasteiger partial charge in [-0.1, -0.05) is 34.2 Å². The topological polar surface area (TPSA) is 26.0 Å². The molecule has 2 N–H and O–H groups in total. The third-order valence-electron chi connectivity index (χ3n) is 1.13. The molecule has 2 heteroatoms. The highest BCUT2D eigenvalue weighted by molar-refractivity contribution is 9.11. The van der Waals surface area contributed by atoms with Crippen LogP contribution in [0, 0.1) is 0 Å². The lowest BCUT2D eigenvalue weighted by molar-refractivity contribution is 1.29. The predicted molar refractivity (Wildman–Crippen MR) is 43.0 cm³/mol. The van der Waals surface area contributed by atoms with E-state index >= 15 is 0 Å². The highest BCUT2D eigenvalue weighted by atomic mass is 79.9. The summed E-state index contributed by atoms with van der Waals surface area (Å²) in [4.78, 5) is 0. The number of allylic oxidation sites excluding steroid dienone is 5. The molecule has 1 rings (SSSR count). The maximum absolute atomic E-state index is 5.58. The zero-order chi connectivity index (χ0) is 6.69. The summed E-state index contributed by atoms with van der Waals surface area (Å²) in [7, 11) is 0. The van der Waals surface area contributed by atoms with Crippen molar-refractivity contribution in [1.82, 2.24) is 0 Å². The Kier molecular flexibility index (Phi) is 2.11. The van der Waals surface area contributed by atoms with Crippen molar-refractivity contribution in [3.05, 3.63) is 34.5 Å².